The van der Waals surface area contributed by atoms with Crippen molar-refractivity contribution in [2.24, 2.45) is 0 Å². The normalized spacial score (nSPS) is 11.2. The predicted octanol–water partition coefficient (Wildman–Crippen LogP) is 8.84. The van der Waals surface area contributed by atoms with Crippen molar-refractivity contribution in [3.05, 3.63) is 17.7 Å². The first-order valence-electron chi connectivity index (χ1n) is 10.3. The zero-order valence-electron chi connectivity index (χ0n) is 16.9. The topological polar surface area (TPSA) is 0 Å². The Kier molecular flexibility index (Phi) is 14.3. The fraction of sp³-hybridized carbons (Fsp3) is 0.727. The highest BCUT2D eigenvalue weighted by molar-refractivity contribution is 8.03. The summed E-state index contributed by atoms with van der Waals surface area (Å²) >= 11 is 6.29. The molecule has 144 valence electrons. The standard InChI is InChI=1S/C22H38S3/c1-5-8-11-14-23-20-17-19(4)18-21(24-15-12-9-6-2)22(20)25-16-13-10-7-3/h17-18H,5-16H2,1-4H3. The first-order valence-corrected chi connectivity index (χ1v) is 13.2. The molecular weight excluding hydrogens is 360 g/mol. The molecule has 1 rings (SSSR count). The van der Waals surface area contributed by atoms with E-state index in [9.17, 15) is 0 Å². The van der Waals surface area contributed by atoms with Crippen molar-refractivity contribution in [1.29, 1.82) is 0 Å². The summed E-state index contributed by atoms with van der Waals surface area (Å²) in [5.74, 6) is 3.79. The highest BCUT2D eigenvalue weighted by Gasteiger charge is 2.12. The van der Waals surface area contributed by atoms with Crippen molar-refractivity contribution < 1.29 is 0 Å². The molecule has 0 heterocycles. The number of unbranched alkanes of at least 4 members (excludes halogenated alkanes) is 6. The molecule has 0 fully saturated rings. The molecule has 0 saturated heterocycles. The first-order chi connectivity index (χ1) is 12.2. The Morgan fingerprint density at radius 2 is 1.00 bits per heavy atom. The van der Waals surface area contributed by atoms with E-state index in [0.717, 1.165) is 0 Å². The molecule has 0 saturated carbocycles. The van der Waals surface area contributed by atoms with E-state index >= 15 is 0 Å². The summed E-state index contributed by atoms with van der Waals surface area (Å²) in [6.07, 6.45) is 12.0. The van der Waals surface area contributed by atoms with Gasteiger partial charge in [0.25, 0.3) is 0 Å². The van der Waals surface area contributed by atoms with Crippen molar-refractivity contribution in [3.63, 3.8) is 0 Å². The zero-order valence-corrected chi connectivity index (χ0v) is 19.3. The lowest BCUT2D eigenvalue weighted by atomic mass is 10.2. The molecule has 1 aromatic rings. The number of aryl methyl sites for hydroxylation is 1. The molecule has 0 N–H and O–H groups in total. The molecule has 0 spiro atoms. The van der Waals surface area contributed by atoms with Gasteiger partial charge in [-0.25, -0.2) is 0 Å². The fourth-order valence-corrected chi connectivity index (χ4v) is 6.54. The molecule has 0 aromatic heterocycles. The van der Waals surface area contributed by atoms with Gasteiger partial charge < -0.3 is 0 Å². The van der Waals surface area contributed by atoms with Crippen molar-refractivity contribution in [2.45, 2.75) is 100 Å². The molecule has 0 atom stereocenters. The van der Waals surface area contributed by atoms with E-state index in [2.05, 4.69) is 75.1 Å². The Bertz CT molecular complexity index is 424. The Hall–Kier alpha value is 0.270. The summed E-state index contributed by atoms with van der Waals surface area (Å²) in [5, 5.41) is 0. The highest BCUT2D eigenvalue weighted by atomic mass is 32.2. The molecule has 0 unspecified atom stereocenters. The summed E-state index contributed by atoms with van der Waals surface area (Å²) in [6.45, 7) is 9.13. The van der Waals surface area contributed by atoms with Crippen LogP contribution in [-0.2, 0) is 0 Å². The molecule has 3 heteroatoms. The van der Waals surface area contributed by atoms with Crippen LogP contribution in [0.5, 0.6) is 0 Å². The van der Waals surface area contributed by atoms with Gasteiger partial charge in [0, 0.05) is 14.7 Å². The van der Waals surface area contributed by atoms with Gasteiger partial charge >= 0.3 is 0 Å². The molecule has 0 aliphatic carbocycles. The third-order valence-electron chi connectivity index (χ3n) is 4.17. The fourth-order valence-electron chi connectivity index (χ4n) is 2.66. The summed E-state index contributed by atoms with van der Waals surface area (Å²) in [5.41, 5.74) is 1.42. The smallest absolute Gasteiger partial charge is 0.0344 e. The van der Waals surface area contributed by atoms with Gasteiger partial charge in [-0.2, -0.15) is 0 Å². The van der Waals surface area contributed by atoms with Crippen LogP contribution < -0.4 is 0 Å². The van der Waals surface area contributed by atoms with Crippen molar-refractivity contribution in [1.82, 2.24) is 0 Å². The second-order valence-corrected chi connectivity index (χ2v) is 10.1. The third-order valence-corrected chi connectivity index (χ3v) is 7.90. The molecule has 0 amide bonds. The van der Waals surface area contributed by atoms with Gasteiger partial charge in [-0.05, 0) is 61.1 Å². The van der Waals surface area contributed by atoms with E-state index in [1.165, 1.54) is 90.4 Å². The van der Waals surface area contributed by atoms with E-state index in [0.29, 0.717) is 0 Å². The van der Waals surface area contributed by atoms with Crippen molar-refractivity contribution in [3.8, 4) is 0 Å². The summed E-state index contributed by atoms with van der Waals surface area (Å²) in [4.78, 5) is 4.65. The second kappa shape index (κ2) is 15.3. The predicted molar refractivity (Wildman–Crippen MR) is 122 cm³/mol. The van der Waals surface area contributed by atoms with Crippen molar-refractivity contribution in [2.75, 3.05) is 17.3 Å². The molecule has 1 aromatic carbocycles. The maximum atomic E-state index is 2.43. The largest absolute Gasteiger partial charge is 0.125 e. The van der Waals surface area contributed by atoms with Crippen LogP contribution >= 0.6 is 35.3 Å². The van der Waals surface area contributed by atoms with Gasteiger partial charge in [0.05, 0.1) is 0 Å². The molecular formula is C22H38S3. The van der Waals surface area contributed by atoms with E-state index in [4.69, 9.17) is 0 Å². The minimum atomic E-state index is 1.26. The Morgan fingerprint density at radius 1 is 0.600 bits per heavy atom. The molecule has 0 radical (unpaired) electrons. The van der Waals surface area contributed by atoms with Crippen LogP contribution in [0, 0.1) is 6.92 Å². The molecule has 0 bridgehead atoms. The van der Waals surface area contributed by atoms with E-state index < -0.39 is 0 Å². The summed E-state index contributed by atoms with van der Waals surface area (Å²) in [6, 6.07) is 4.85. The van der Waals surface area contributed by atoms with Crippen LogP contribution in [0.4, 0.5) is 0 Å². The van der Waals surface area contributed by atoms with Crippen LogP contribution in [0.2, 0.25) is 0 Å². The number of benzene rings is 1. The Labute approximate surface area is 170 Å². The van der Waals surface area contributed by atoms with Crippen LogP contribution in [0.1, 0.15) is 84.1 Å². The molecule has 0 aliphatic heterocycles. The van der Waals surface area contributed by atoms with Crippen LogP contribution in [0.25, 0.3) is 0 Å². The highest BCUT2D eigenvalue weighted by Crippen LogP contribution is 2.40. The third kappa shape index (κ3) is 10.2. The maximum absolute atomic E-state index is 2.43. The Morgan fingerprint density at radius 3 is 1.40 bits per heavy atom. The summed E-state index contributed by atoms with van der Waals surface area (Å²) in [7, 11) is 0. The number of thioether (sulfide) groups is 3. The quantitative estimate of drug-likeness (QED) is 0.214. The molecule has 0 nitrogen and oxygen atoms in total. The number of hydrogen-bond acceptors (Lipinski definition) is 3. The van der Waals surface area contributed by atoms with Gasteiger partial charge in [-0.15, -0.1) is 35.3 Å². The Balaban J connectivity index is 2.79. The minimum absolute atomic E-state index is 1.26. The van der Waals surface area contributed by atoms with E-state index in [1.54, 1.807) is 4.90 Å². The zero-order chi connectivity index (χ0) is 18.3. The van der Waals surface area contributed by atoms with Crippen LogP contribution in [0.3, 0.4) is 0 Å². The average Bonchev–Trinajstić information content (AvgIpc) is 2.60. The van der Waals surface area contributed by atoms with Gasteiger partial charge in [0.15, 0.2) is 0 Å². The van der Waals surface area contributed by atoms with Gasteiger partial charge in [0.1, 0.15) is 0 Å². The van der Waals surface area contributed by atoms with Crippen molar-refractivity contribution >= 4 is 35.3 Å². The van der Waals surface area contributed by atoms with Crippen LogP contribution in [-0.4, -0.2) is 17.3 Å². The van der Waals surface area contributed by atoms with Gasteiger partial charge in [-0.1, -0.05) is 59.3 Å². The second-order valence-electron chi connectivity index (χ2n) is 6.76. The number of hydrogen-bond donors (Lipinski definition) is 0. The lowest BCUT2D eigenvalue weighted by molar-refractivity contribution is 0.776. The van der Waals surface area contributed by atoms with E-state index in [1.807, 2.05) is 0 Å². The summed E-state index contributed by atoms with van der Waals surface area (Å²) < 4.78 is 0. The molecule has 0 aliphatic rings. The van der Waals surface area contributed by atoms with Gasteiger partial charge in [0.2, 0.25) is 0 Å². The first kappa shape index (κ1) is 23.3. The number of rotatable bonds is 15. The lowest BCUT2D eigenvalue weighted by Crippen LogP contribution is -1.92. The van der Waals surface area contributed by atoms with Gasteiger partial charge in [-0.3, -0.25) is 0 Å². The maximum Gasteiger partial charge on any atom is 0.0344 e. The average molecular weight is 399 g/mol. The minimum Gasteiger partial charge on any atom is -0.125 e. The van der Waals surface area contributed by atoms with E-state index in [-0.39, 0.29) is 0 Å². The SMILES string of the molecule is CCCCCSc1cc(C)cc(SCCCCC)c1SCCCCC. The molecule has 25 heavy (non-hydrogen) atoms. The van der Waals surface area contributed by atoms with Crippen LogP contribution in [0.15, 0.2) is 26.8 Å². The monoisotopic (exact) mass is 398 g/mol. The lowest BCUT2D eigenvalue weighted by Gasteiger charge is -2.15.